The fraction of sp³-hybridized carbons (Fsp3) is 0.600. The minimum atomic E-state index is -1.63. The zero-order chi connectivity index (χ0) is 23.3. The molecule has 10 heteroatoms. The molecule has 2 unspecified atom stereocenters. The van der Waals surface area contributed by atoms with Crippen molar-refractivity contribution in [3.63, 3.8) is 0 Å². The number of aryl methyl sites for hydroxylation is 3. The SMILES string of the molecule is CCOC(=O)C(C)(O)c1cn(C)nc1C.CCOC(=O)C(C)(O)c1cnn(C)c1C. The molecular formula is C20H32N4O6. The highest BCUT2D eigenvalue weighted by molar-refractivity contribution is 5.81. The van der Waals surface area contributed by atoms with Crippen LogP contribution in [0.5, 0.6) is 0 Å². The molecule has 0 radical (unpaired) electrons. The van der Waals surface area contributed by atoms with Crippen molar-refractivity contribution in [3.8, 4) is 0 Å². The molecule has 0 aliphatic heterocycles. The first-order valence-electron chi connectivity index (χ1n) is 9.59. The molecule has 2 N–H and O–H groups in total. The first-order valence-corrected chi connectivity index (χ1v) is 9.59. The van der Waals surface area contributed by atoms with Gasteiger partial charge in [0, 0.05) is 37.1 Å². The van der Waals surface area contributed by atoms with Crippen LogP contribution in [0.4, 0.5) is 0 Å². The Morgan fingerprint density at radius 2 is 1.47 bits per heavy atom. The number of rotatable bonds is 6. The highest BCUT2D eigenvalue weighted by Gasteiger charge is 2.37. The van der Waals surface area contributed by atoms with Gasteiger partial charge in [-0.2, -0.15) is 10.2 Å². The van der Waals surface area contributed by atoms with Gasteiger partial charge in [0.05, 0.1) is 25.1 Å². The number of nitrogens with zero attached hydrogens (tertiary/aromatic N) is 4. The van der Waals surface area contributed by atoms with E-state index in [0.29, 0.717) is 16.8 Å². The van der Waals surface area contributed by atoms with Crippen molar-refractivity contribution in [1.29, 1.82) is 0 Å². The molecule has 2 heterocycles. The van der Waals surface area contributed by atoms with Crippen molar-refractivity contribution in [2.75, 3.05) is 13.2 Å². The fourth-order valence-electron chi connectivity index (χ4n) is 2.82. The third-order valence-corrected chi connectivity index (χ3v) is 4.64. The zero-order valence-electron chi connectivity index (χ0n) is 18.9. The zero-order valence-corrected chi connectivity index (χ0v) is 18.9. The van der Waals surface area contributed by atoms with Crippen molar-refractivity contribution in [2.45, 2.75) is 52.7 Å². The Morgan fingerprint density at radius 1 is 1.00 bits per heavy atom. The van der Waals surface area contributed by atoms with Gasteiger partial charge in [-0.05, 0) is 41.5 Å². The standard InChI is InChI=1S/2C10H16N2O3/c1-5-15-9(13)10(3,14)8-6-12(4)11-7(8)2;1-5-15-9(13)10(3,14)8-6-11-12(4)7(8)2/h2*6,14H,5H2,1-4H3. The molecule has 0 aromatic carbocycles. The second kappa shape index (κ2) is 9.86. The monoisotopic (exact) mass is 424 g/mol. The summed E-state index contributed by atoms with van der Waals surface area (Å²) in [4.78, 5) is 23.0. The number of ether oxygens (including phenoxy) is 2. The van der Waals surface area contributed by atoms with E-state index in [0.717, 1.165) is 5.69 Å². The van der Waals surface area contributed by atoms with Crippen LogP contribution in [0, 0.1) is 13.8 Å². The van der Waals surface area contributed by atoms with Crippen molar-refractivity contribution in [1.82, 2.24) is 19.6 Å². The summed E-state index contributed by atoms with van der Waals surface area (Å²) < 4.78 is 12.8. The third kappa shape index (κ3) is 5.45. The van der Waals surface area contributed by atoms with E-state index in [4.69, 9.17) is 9.47 Å². The molecule has 0 spiro atoms. The lowest BCUT2D eigenvalue weighted by Crippen LogP contribution is -2.34. The van der Waals surface area contributed by atoms with Crippen LogP contribution >= 0.6 is 0 Å². The number of carbonyl (C=O) groups excluding carboxylic acids is 2. The van der Waals surface area contributed by atoms with Crippen LogP contribution in [0.25, 0.3) is 0 Å². The summed E-state index contributed by atoms with van der Waals surface area (Å²) in [5.74, 6) is -1.30. The van der Waals surface area contributed by atoms with Gasteiger partial charge in [0.25, 0.3) is 0 Å². The van der Waals surface area contributed by atoms with Crippen LogP contribution in [0.2, 0.25) is 0 Å². The molecule has 2 aromatic rings. The van der Waals surface area contributed by atoms with Crippen molar-refractivity contribution < 1.29 is 29.3 Å². The van der Waals surface area contributed by atoms with E-state index in [1.807, 2.05) is 0 Å². The summed E-state index contributed by atoms with van der Waals surface area (Å²) in [6.45, 7) is 10.2. The first kappa shape index (κ1) is 25.3. The number of aromatic nitrogens is 4. The molecule has 30 heavy (non-hydrogen) atoms. The fourth-order valence-corrected chi connectivity index (χ4v) is 2.82. The van der Waals surface area contributed by atoms with Crippen LogP contribution in [-0.4, -0.2) is 54.9 Å². The predicted octanol–water partition coefficient (Wildman–Crippen LogP) is 0.998. The van der Waals surface area contributed by atoms with Crippen LogP contribution in [0.1, 0.15) is 50.2 Å². The Labute approximate surface area is 176 Å². The highest BCUT2D eigenvalue weighted by atomic mass is 16.6. The third-order valence-electron chi connectivity index (χ3n) is 4.64. The quantitative estimate of drug-likeness (QED) is 0.657. The maximum absolute atomic E-state index is 11.5. The molecular weight excluding hydrogens is 392 g/mol. The number of aliphatic hydroxyl groups is 2. The molecule has 0 saturated heterocycles. The van der Waals surface area contributed by atoms with Crippen molar-refractivity contribution in [2.24, 2.45) is 14.1 Å². The molecule has 10 nitrogen and oxygen atoms in total. The Kier molecular flexibility index (Phi) is 8.32. The highest BCUT2D eigenvalue weighted by Crippen LogP contribution is 2.25. The molecule has 0 amide bonds. The average molecular weight is 424 g/mol. The van der Waals surface area contributed by atoms with Gasteiger partial charge in [-0.15, -0.1) is 0 Å². The molecule has 2 aromatic heterocycles. The molecule has 0 fully saturated rings. The molecule has 2 rings (SSSR count). The van der Waals surface area contributed by atoms with Crippen LogP contribution < -0.4 is 0 Å². The number of esters is 2. The molecule has 0 aliphatic carbocycles. The lowest BCUT2D eigenvalue weighted by atomic mass is 9.97. The predicted molar refractivity (Wildman–Crippen MR) is 108 cm³/mol. The topological polar surface area (TPSA) is 129 Å². The van der Waals surface area contributed by atoms with Crippen LogP contribution in [0.15, 0.2) is 12.4 Å². The van der Waals surface area contributed by atoms with E-state index in [1.165, 1.54) is 20.0 Å². The van der Waals surface area contributed by atoms with Gasteiger partial charge in [-0.25, -0.2) is 9.59 Å². The maximum atomic E-state index is 11.5. The number of carbonyl (C=O) groups is 2. The van der Waals surface area contributed by atoms with E-state index in [1.54, 1.807) is 57.4 Å². The second-order valence-electron chi connectivity index (χ2n) is 7.15. The Balaban J connectivity index is 0.000000300. The second-order valence-corrected chi connectivity index (χ2v) is 7.15. The summed E-state index contributed by atoms with van der Waals surface area (Å²) in [6.07, 6.45) is 3.10. The van der Waals surface area contributed by atoms with Crippen molar-refractivity contribution in [3.05, 3.63) is 34.9 Å². The van der Waals surface area contributed by atoms with Gasteiger partial charge in [0.2, 0.25) is 0 Å². The van der Waals surface area contributed by atoms with E-state index in [2.05, 4.69) is 10.2 Å². The molecule has 168 valence electrons. The van der Waals surface area contributed by atoms with Gasteiger partial charge >= 0.3 is 11.9 Å². The number of hydrogen-bond donors (Lipinski definition) is 2. The van der Waals surface area contributed by atoms with Gasteiger partial charge < -0.3 is 19.7 Å². The van der Waals surface area contributed by atoms with E-state index >= 15 is 0 Å². The van der Waals surface area contributed by atoms with Gasteiger partial charge in [0.1, 0.15) is 0 Å². The number of hydrogen-bond acceptors (Lipinski definition) is 8. The van der Waals surface area contributed by atoms with E-state index in [-0.39, 0.29) is 13.2 Å². The minimum Gasteiger partial charge on any atom is -0.464 e. The van der Waals surface area contributed by atoms with Gasteiger partial charge in [-0.1, -0.05) is 0 Å². The first-order chi connectivity index (χ1) is 13.8. The van der Waals surface area contributed by atoms with E-state index in [9.17, 15) is 19.8 Å². The average Bonchev–Trinajstić information content (AvgIpc) is 3.18. The Hall–Kier alpha value is -2.72. The lowest BCUT2D eigenvalue weighted by molar-refractivity contribution is -0.164. The normalized spacial score (nSPS) is 14.7. The van der Waals surface area contributed by atoms with Gasteiger partial charge in [0.15, 0.2) is 11.2 Å². The molecule has 2 atom stereocenters. The smallest absolute Gasteiger partial charge is 0.342 e. The Bertz CT molecular complexity index is 854. The van der Waals surface area contributed by atoms with Crippen LogP contribution in [0.3, 0.4) is 0 Å². The molecule has 0 aliphatic rings. The maximum Gasteiger partial charge on any atom is 0.342 e. The van der Waals surface area contributed by atoms with E-state index < -0.39 is 23.1 Å². The summed E-state index contributed by atoms with van der Waals surface area (Å²) in [6, 6.07) is 0. The molecule has 0 bridgehead atoms. The van der Waals surface area contributed by atoms with Crippen LogP contribution in [-0.2, 0) is 44.4 Å². The van der Waals surface area contributed by atoms with Gasteiger partial charge in [-0.3, -0.25) is 9.36 Å². The summed E-state index contributed by atoms with van der Waals surface area (Å²) >= 11 is 0. The molecule has 0 saturated carbocycles. The Morgan fingerprint density at radius 3 is 1.80 bits per heavy atom. The van der Waals surface area contributed by atoms with Crippen molar-refractivity contribution >= 4 is 11.9 Å². The largest absolute Gasteiger partial charge is 0.464 e. The minimum absolute atomic E-state index is 0.244. The summed E-state index contributed by atoms with van der Waals surface area (Å²) in [5, 5.41) is 28.1. The lowest BCUT2D eigenvalue weighted by Gasteiger charge is -2.20. The summed E-state index contributed by atoms with van der Waals surface area (Å²) in [7, 11) is 3.48. The summed E-state index contributed by atoms with van der Waals surface area (Å²) in [5.41, 5.74) is -0.946.